The van der Waals surface area contributed by atoms with Crippen molar-refractivity contribution >= 4 is 9.84 Å². The van der Waals surface area contributed by atoms with Gasteiger partial charge in [0.1, 0.15) is 5.69 Å². The molecule has 0 fully saturated rings. The molecule has 0 unspecified atom stereocenters. The highest BCUT2D eigenvalue weighted by Crippen LogP contribution is 2.43. The van der Waals surface area contributed by atoms with Crippen LogP contribution in [0.3, 0.4) is 0 Å². The van der Waals surface area contributed by atoms with Gasteiger partial charge in [-0.05, 0) is 35.4 Å². The van der Waals surface area contributed by atoms with Crippen LogP contribution in [0.4, 0.5) is 13.2 Å². The standard InChI is InChI=1S/C23H18F3N3O2S/c1-32(30,31)19-9-7-17(8-10-19)20-21(18-11-13-27-14-12-18)28-29(22(20)23(24,25)26)15-16-5-3-2-4-6-16/h2-14H,15H2,1H3. The first kappa shape index (κ1) is 21.8. The van der Waals surface area contributed by atoms with Crippen LogP contribution in [0.1, 0.15) is 11.3 Å². The van der Waals surface area contributed by atoms with E-state index in [0.717, 1.165) is 10.9 Å². The number of benzene rings is 2. The Morgan fingerprint density at radius 1 is 0.875 bits per heavy atom. The lowest BCUT2D eigenvalue weighted by Gasteiger charge is -2.13. The Morgan fingerprint density at radius 3 is 2.06 bits per heavy atom. The van der Waals surface area contributed by atoms with Crippen LogP contribution in [0, 0.1) is 0 Å². The molecule has 0 saturated heterocycles. The lowest BCUT2D eigenvalue weighted by atomic mass is 9.99. The normalized spacial score (nSPS) is 12.1. The summed E-state index contributed by atoms with van der Waals surface area (Å²) in [4.78, 5) is 3.96. The van der Waals surface area contributed by atoms with Crippen LogP contribution in [-0.4, -0.2) is 29.4 Å². The second-order valence-corrected chi connectivity index (χ2v) is 9.26. The van der Waals surface area contributed by atoms with Gasteiger partial charge in [0.05, 0.1) is 11.4 Å². The Morgan fingerprint density at radius 2 is 1.50 bits per heavy atom. The smallest absolute Gasteiger partial charge is 0.265 e. The predicted molar refractivity (Wildman–Crippen MR) is 115 cm³/mol. The summed E-state index contributed by atoms with van der Waals surface area (Å²) in [5, 5.41) is 4.34. The maximum atomic E-state index is 14.3. The number of aromatic nitrogens is 3. The third-order valence-corrected chi connectivity index (χ3v) is 6.05. The second kappa shape index (κ2) is 8.23. The summed E-state index contributed by atoms with van der Waals surface area (Å²) in [6.07, 6.45) is -0.688. The van der Waals surface area contributed by atoms with Gasteiger partial charge in [-0.25, -0.2) is 8.42 Å². The van der Waals surface area contributed by atoms with E-state index in [-0.39, 0.29) is 28.3 Å². The summed E-state index contributed by atoms with van der Waals surface area (Å²) in [7, 11) is -3.49. The number of rotatable bonds is 5. The van der Waals surface area contributed by atoms with Crippen LogP contribution < -0.4 is 0 Å². The molecule has 4 aromatic rings. The van der Waals surface area contributed by atoms with E-state index < -0.39 is 21.7 Å². The first-order valence-corrected chi connectivity index (χ1v) is 11.5. The van der Waals surface area contributed by atoms with E-state index >= 15 is 0 Å². The number of alkyl halides is 3. The van der Waals surface area contributed by atoms with Gasteiger partial charge in [0.15, 0.2) is 15.5 Å². The summed E-state index contributed by atoms with van der Waals surface area (Å²) in [6, 6.07) is 17.3. The Balaban J connectivity index is 1.97. The fraction of sp³-hybridized carbons (Fsp3) is 0.130. The van der Waals surface area contributed by atoms with Crippen molar-refractivity contribution < 1.29 is 21.6 Å². The van der Waals surface area contributed by atoms with Gasteiger partial charge in [-0.3, -0.25) is 9.67 Å². The lowest BCUT2D eigenvalue weighted by Crippen LogP contribution is -2.16. The minimum absolute atomic E-state index is 0.0250. The molecule has 0 aliphatic rings. The molecule has 0 spiro atoms. The minimum atomic E-state index is -4.70. The quantitative estimate of drug-likeness (QED) is 0.419. The monoisotopic (exact) mass is 457 g/mol. The first-order chi connectivity index (χ1) is 15.1. The van der Waals surface area contributed by atoms with E-state index in [1.807, 2.05) is 0 Å². The SMILES string of the molecule is CS(=O)(=O)c1ccc(-c2c(-c3ccncc3)nn(Cc3ccccc3)c2C(F)(F)F)cc1. The van der Waals surface area contributed by atoms with Gasteiger partial charge < -0.3 is 0 Å². The van der Waals surface area contributed by atoms with Crippen LogP contribution in [0.5, 0.6) is 0 Å². The Hall–Kier alpha value is -3.46. The van der Waals surface area contributed by atoms with Crippen molar-refractivity contribution in [1.29, 1.82) is 0 Å². The third-order valence-electron chi connectivity index (χ3n) is 4.92. The second-order valence-electron chi connectivity index (χ2n) is 7.25. The van der Waals surface area contributed by atoms with Gasteiger partial charge >= 0.3 is 6.18 Å². The van der Waals surface area contributed by atoms with Gasteiger partial charge in [-0.1, -0.05) is 42.5 Å². The molecular formula is C23H18F3N3O2S. The first-order valence-electron chi connectivity index (χ1n) is 9.57. The summed E-state index contributed by atoms with van der Waals surface area (Å²) < 4.78 is 67.5. The van der Waals surface area contributed by atoms with Crippen LogP contribution in [0.25, 0.3) is 22.4 Å². The fourth-order valence-electron chi connectivity index (χ4n) is 3.47. The molecule has 4 rings (SSSR count). The average molecular weight is 457 g/mol. The Bertz CT molecular complexity index is 1330. The molecule has 0 atom stereocenters. The number of hydrogen-bond acceptors (Lipinski definition) is 4. The van der Waals surface area contributed by atoms with E-state index in [1.165, 1.54) is 36.7 Å². The maximum Gasteiger partial charge on any atom is 0.433 e. The zero-order valence-corrected chi connectivity index (χ0v) is 17.7. The van der Waals surface area contributed by atoms with E-state index in [4.69, 9.17) is 0 Å². The minimum Gasteiger partial charge on any atom is -0.265 e. The van der Waals surface area contributed by atoms with Crippen molar-refractivity contribution in [1.82, 2.24) is 14.8 Å². The fourth-order valence-corrected chi connectivity index (χ4v) is 4.11. The van der Waals surface area contributed by atoms with E-state index in [9.17, 15) is 21.6 Å². The van der Waals surface area contributed by atoms with Crippen molar-refractivity contribution in [3.63, 3.8) is 0 Å². The van der Waals surface area contributed by atoms with E-state index in [0.29, 0.717) is 11.1 Å². The highest BCUT2D eigenvalue weighted by molar-refractivity contribution is 7.90. The molecule has 0 aliphatic heterocycles. The molecule has 2 heterocycles. The highest BCUT2D eigenvalue weighted by atomic mass is 32.2. The van der Waals surface area contributed by atoms with Crippen molar-refractivity contribution in [2.24, 2.45) is 0 Å². The number of halogens is 3. The molecule has 0 N–H and O–H groups in total. The van der Waals surface area contributed by atoms with Gasteiger partial charge in [-0.2, -0.15) is 18.3 Å². The van der Waals surface area contributed by atoms with E-state index in [1.54, 1.807) is 42.5 Å². The van der Waals surface area contributed by atoms with Gasteiger partial charge in [0.25, 0.3) is 0 Å². The summed E-state index contributed by atoms with van der Waals surface area (Å²) in [6.45, 7) is -0.0742. The topological polar surface area (TPSA) is 64.8 Å². The number of pyridine rings is 1. The van der Waals surface area contributed by atoms with Gasteiger partial charge in [0.2, 0.25) is 0 Å². The summed E-state index contributed by atoms with van der Waals surface area (Å²) >= 11 is 0. The molecule has 0 bridgehead atoms. The van der Waals surface area contributed by atoms with Crippen molar-refractivity contribution in [3.05, 3.63) is 90.4 Å². The molecular weight excluding hydrogens is 439 g/mol. The molecule has 2 aromatic heterocycles. The summed E-state index contributed by atoms with van der Waals surface area (Å²) in [5.41, 5.74) is 0.485. The lowest BCUT2D eigenvalue weighted by molar-refractivity contribution is -0.143. The molecule has 2 aromatic carbocycles. The van der Waals surface area contributed by atoms with Gasteiger partial charge in [0, 0.05) is 29.8 Å². The van der Waals surface area contributed by atoms with Crippen LogP contribution in [0.2, 0.25) is 0 Å². The van der Waals surface area contributed by atoms with Crippen LogP contribution in [-0.2, 0) is 22.6 Å². The zero-order chi connectivity index (χ0) is 22.9. The van der Waals surface area contributed by atoms with Crippen molar-refractivity contribution in [2.75, 3.05) is 6.26 Å². The Labute approximate surface area is 183 Å². The molecule has 0 aliphatic carbocycles. The molecule has 164 valence electrons. The third kappa shape index (κ3) is 4.43. The number of hydrogen-bond donors (Lipinski definition) is 0. The van der Waals surface area contributed by atoms with Crippen molar-refractivity contribution in [2.45, 2.75) is 17.6 Å². The molecule has 0 amide bonds. The molecule has 0 radical (unpaired) electrons. The van der Waals surface area contributed by atoms with Gasteiger partial charge in [-0.15, -0.1) is 0 Å². The molecule has 0 saturated carbocycles. The predicted octanol–water partition coefficient (Wildman–Crippen LogP) is 5.08. The van der Waals surface area contributed by atoms with E-state index in [2.05, 4.69) is 10.1 Å². The Kier molecular flexibility index (Phi) is 5.60. The molecule has 5 nitrogen and oxygen atoms in total. The van der Waals surface area contributed by atoms with Crippen molar-refractivity contribution in [3.8, 4) is 22.4 Å². The highest BCUT2D eigenvalue weighted by Gasteiger charge is 2.40. The summed E-state index contributed by atoms with van der Waals surface area (Å²) in [5.74, 6) is 0. The average Bonchev–Trinajstić information content (AvgIpc) is 3.14. The number of sulfone groups is 1. The molecule has 32 heavy (non-hydrogen) atoms. The van der Waals surface area contributed by atoms with Crippen LogP contribution >= 0.6 is 0 Å². The zero-order valence-electron chi connectivity index (χ0n) is 16.9. The van der Waals surface area contributed by atoms with Crippen LogP contribution in [0.15, 0.2) is 84.0 Å². The number of nitrogens with zero attached hydrogens (tertiary/aromatic N) is 3. The molecule has 9 heteroatoms. The largest absolute Gasteiger partial charge is 0.433 e. The maximum absolute atomic E-state index is 14.3.